The Morgan fingerprint density at radius 3 is 2.71 bits per heavy atom. The van der Waals surface area contributed by atoms with Crippen molar-refractivity contribution in [1.82, 2.24) is 0 Å². The zero-order valence-electron chi connectivity index (χ0n) is 11.0. The van der Waals surface area contributed by atoms with Gasteiger partial charge in [0.05, 0.1) is 0 Å². The minimum Gasteiger partial charge on any atom is -0.384 e. The molecule has 3 N–H and O–H groups in total. The van der Waals surface area contributed by atoms with Crippen LogP contribution in [0.3, 0.4) is 0 Å². The van der Waals surface area contributed by atoms with Crippen LogP contribution in [0, 0.1) is 11.3 Å². The van der Waals surface area contributed by atoms with Crippen molar-refractivity contribution in [3.8, 4) is 0 Å². The van der Waals surface area contributed by atoms with Crippen molar-refractivity contribution in [2.45, 2.75) is 26.7 Å². The molecule has 1 rings (SSSR count). The summed E-state index contributed by atoms with van der Waals surface area (Å²) in [6.07, 6.45) is 2.44. The molecular weight excluding hydrogens is 210 g/mol. The fourth-order valence-electron chi connectivity index (χ4n) is 1.78. The SMILES string of the molecule is CC(C)CCCN(C)c1cccc(C(=N)N)c1. The second-order valence-electron chi connectivity index (χ2n) is 4.92. The highest BCUT2D eigenvalue weighted by Gasteiger charge is 2.03. The zero-order chi connectivity index (χ0) is 12.8. The Morgan fingerprint density at radius 2 is 2.12 bits per heavy atom. The van der Waals surface area contributed by atoms with Gasteiger partial charge in [-0.2, -0.15) is 0 Å². The Morgan fingerprint density at radius 1 is 1.41 bits per heavy atom. The van der Waals surface area contributed by atoms with E-state index in [9.17, 15) is 0 Å². The molecule has 1 aromatic carbocycles. The minimum absolute atomic E-state index is 0.127. The number of anilines is 1. The molecule has 0 amide bonds. The number of hydrogen-bond donors (Lipinski definition) is 2. The lowest BCUT2D eigenvalue weighted by Crippen LogP contribution is -2.20. The number of nitrogens with two attached hydrogens (primary N) is 1. The number of nitrogens with zero attached hydrogens (tertiary/aromatic N) is 1. The van der Waals surface area contributed by atoms with Crippen molar-refractivity contribution in [2.75, 3.05) is 18.5 Å². The molecule has 0 aromatic heterocycles. The first-order valence-corrected chi connectivity index (χ1v) is 6.16. The molecular formula is C14H23N3. The summed E-state index contributed by atoms with van der Waals surface area (Å²) in [4.78, 5) is 2.22. The van der Waals surface area contributed by atoms with E-state index < -0.39 is 0 Å². The third-order valence-electron chi connectivity index (χ3n) is 2.87. The van der Waals surface area contributed by atoms with E-state index in [4.69, 9.17) is 11.1 Å². The van der Waals surface area contributed by atoms with E-state index in [1.807, 2.05) is 18.2 Å². The van der Waals surface area contributed by atoms with Crippen LogP contribution in [0.2, 0.25) is 0 Å². The molecule has 0 spiro atoms. The van der Waals surface area contributed by atoms with Gasteiger partial charge in [0.25, 0.3) is 0 Å². The van der Waals surface area contributed by atoms with Crippen LogP contribution in [0.5, 0.6) is 0 Å². The van der Waals surface area contributed by atoms with Gasteiger partial charge in [0, 0.05) is 24.8 Å². The van der Waals surface area contributed by atoms with Crippen molar-refractivity contribution in [1.29, 1.82) is 5.41 Å². The van der Waals surface area contributed by atoms with Crippen molar-refractivity contribution >= 4 is 11.5 Å². The van der Waals surface area contributed by atoms with Gasteiger partial charge in [0.15, 0.2) is 0 Å². The number of hydrogen-bond acceptors (Lipinski definition) is 2. The highest BCUT2D eigenvalue weighted by molar-refractivity contribution is 5.95. The third-order valence-corrected chi connectivity index (χ3v) is 2.87. The molecule has 0 atom stereocenters. The van der Waals surface area contributed by atoms with Crippen molar-refractivity contribution in [3.63, 3.8) is 0 Å². The Hall–Kier alpha value is -1.51. The molecule has 17 heavy (non-hydrogen) atoms. The van der Waals surface area contributed by atoms with Crippen LogP contribution in [0.15, 0.2) is 24.3 Å². The summed E-state index contributed by atoms with van der Waals surface area (Å²) in [5.74, 6) is 0.884. The van der Waals surface area contributed by atoms with Crippen LogP contribution < -0.4 is 10.6 Å². The molecule has 3 heteroatoms. The molecule has 0 aliphatic rings. The number of nitrogens with one attached hydrogen (secondary N) is 1. The molecule has 0 radical (unpaired) electrons. The van der Waals surface area contributed by atoms with E-state index >= 15 is 0 Å². The van der Waals surface area contributed by atoms with Crippen LogP contribution in [0.25, 0.3) is 0 Å². The summed E-state index contributed by atoms with van der Waals surface area (Å²) in [6.45, 7) is 5.53. The van der Waals surface area contributed by atoms with Crippen LogP contribution in [0.1, 0.15) is 32.3 Å². The maximum Gasteiger partial charge on any atom is 0.122 e. The first-order valence-electron chi connectivity index (χ1n) is 6.16. The molecule has 1 aromatic rings. The number of nitrogen functional groups attached to an aromatic ring is 1. The maximum atomic E-state index is 7.43. The quantitative estimate of drug-likeness (QED) is 0.586. The Kier molecular flexibility index (Phi) is 5.01. The molecule has 0 saturated heterocycles. The zero-order valence-corrected chi connectivity index (χ0v) is 11.0. The molecule has 94 valence electrons. The summed E-state index contributed by atoms with van der Waals surface area (Å²) < 4.78 is 0. The van der Waals surface area contributed by atoms with Crippen LogP contribution in [-0.2, 0) is 0 Å². The van der Waals surface area contributed by atoms with Gasteiger partial charge in [-0.3, -0.25) is 5.41 Å². The topological polar surface area (TPSA) is 53.1 Å². The van der Waals surface area contributed by atoms with Crippen LogP contribution in [0.4, 0.5) is 5.69 Å². The second kappa shape index (κ2) is 6.28. The van der Waals surface area contributed by atoms with Crippen molar-refractivity contribution < 1.29 is 0 Å². The van der Waals surface area contributed by atoms with E-state index in [1.54, 1.807) is 0 Å². The maximum absolute atomic E-state index is 7.43. The third kappa shape index (κ3) is 4.47. The standard InChI is InChI=1S/C14H23N3/c1-11(2)6-5-9-17(3)13-8-4-7-12(10-13)14(15)16/h4,7-8,10-11H,5-6,9H2,1-3H3,(H3,15,16). The Labute approximate surface area is 104 Å². The molecule has 0 aliphatic heterocycles. The fourth-order valence-corrected chi connectivity index (χ4v) is 1.78. The number of benzene rings is 1. The lowest BCUT2D eigenvalue weighted by molar-refractivity contribution is 0.556. The van der Waals surface area contributed by atoms with Gasteiger partial charge in [-0.25, -0.2) is 0 Å². The summed E-state index contributed by atoms with van der Waals surface area (Å²) in [5.41, 5.74) is 7.40. The van der Waals surface area contributed by atoms with Crippen LogP contribution >= 0.6 is 0 Å². The molecule has 0 bridgehead atoms. The predicted octanol–water partition coefficient (Wildman–Crippen LogP) is 2.84. The summed E-state index contributed by atoms with van der Waals surface area (Å²) in [6, 6.07) is 7.85. The monoisotopic (exact) mass is 233 g/mol. The molecule has 0 fully saturated rings. The lowest BCUT2D eigenvalue weighted by atomic mass is 10.1. The van der Waals surface area contributed by atoms with E-state index in [-0.39, 0.29) is 5.84 Å². The average Bonchev–Trinajstić information content (AvgIpc) is 2.28. The molecule has 3 nitrogen and oxygen atoms in total. The van der Waals surface area contributed by atoms with E-state index in [2.05, 4.69) is 31.9 Å². The largest absolute Gasteiger partial charge is 0.384 e. The highest BCUT2D eigenvalue weighted by atomic mass is 15.1. The van der Waals surface area contributed by atoms with E-state index in [1.165, 1.54) is 12.8 Å². The highest BCUT2D eigenvalue weighted by Crippen LogP contribution is 2.15. The summed E-state index contributed by atoms with van der Waals surface area (Å²) >= 11 is 0. The number of amidine groups is 1. The lowest BCUT2D eigenvalue weighted by Gasteiger charge is -2.20. The summed E-state index contributed by atoms with van der Waals surface area (Å²) in [7, 11) is 2.08. The smallest absolute Gasteiger partial charge is 0.122 e. The van der Waals surface area contributed by atoms with Gasteiger partial charge in [-0.15, -0.1) is 0 Å². The predicted molar refractivity (Wildman–Crippen MR) is 74.8 cm³/mol. The molecule has 0 unspecified atom stereocenters. The minimum atomic E-state index is 0.127. The van der Waals surface area contributed by atoms with Gasteiger partial charge in [-0.1, -0.05) is 26.0 Å². The van der Waals surface area contributed by atoms with Gasteiger partial charge >= 0.3 is 0 Å². The summed E-state index contributed by atoms with van der Waals surface area (Å²) in [5, 5.41) is 7.43. The molecule has 0 saturated carbocycles. The Bertz CT molecular complexity index is 371. The molecule has 0 heterocycles. The van der Waals surface area contributed by atoms with Gasteiger partial charge in [0.2, 0.25) is 0 Å². The van der Waals surface area contributed by atoms with Gasteiger partial charge in [0.1, 0.15) is 5.84 Å². The normalized spacial score (nSPS) is 10.6. The first kappa shape index (κ1) is 13.6. The van der Waals surface area contributed by atoms with E-state index in [0.717, 1.165) is 23.7 Å². The molecule has 0 aliphatic carbocycles. The van der Waals surface area contributed by atoms with Crippen LogP contribution in [-0.4, -0.2) is 19.4 Å². The van der Waals surface area contributed by atoms with Crippen molar-refractivity contribution in [2.24, 2.45) is 11.7 Å². The van der Waals surface area contributed by atoms with Crippen molar-refractivity contribution in [3.05, 3.63) is 29.8 Å². The van der Waals surface area contributed by atoms with Gasteiger partial charge < -0.3 is 10.6 Å². The number of rotatable bonds is 6. The fraction of sp³-hybridized carbons (Fsp3) is 0.500. The van der Waals surface area contributed by atoms with Gasteiger partial charge in [-0.05, 0) is 30.9 Å². The average molecular weight is 233 g/mol. The first-order chi connectivity index (χ1) is 8.00. The van der Waals surface area contributed by atoms with E-state index in [0.29, 0.717) is 0 Å². The second-order valence-corrected chi connectivity index (χ2v) is 4.92. The Balaban J connectivity index is 2.59.